The zero-order valence-electron chi connectivity index (χ0n) is 12.8. The Balaban J connectivity index is 1.86. The molecule has 20 heavy (non-hydrogen) atoms. The molecular weight excluding hydrogens is 272 g/mol. The Kier molecular flexibility index (Phi) is 5.13. The number of aromatic nitrogens is 1. The molecule has 0 bridgehead atoms. The van der Waals surface area contributed by atoms with E-state index in [4.69, 9.17) is 4.52 Å². The first-order valence-corrected chi connectivity index (χ1v) is 8.46. The van der Waals surface area contributed by atoms with E-state index in [1.165, 1.54) is 6.42 Å². The third-order valence-electron chi connectivity index (χ3n) is 4.13. The van der Waals surface area contributed by atoms with Crippen LogP contribution in [0.5, 0.6) is 0 Å². The highest BCUT2D eigenvalue weighted by Gasteiger charge is 2.28. The van der Waals surface area contributed by atoms with E-state index in [0.717, 1.165) is 35.6 Å². The SMILES string of the molecule is Cc1noc(C)c1CSCC(=O)N1C(C)CCCC1C. The summed E-state index contributed by atoms with van der Waals surface area (Å²) in [4.78, 5) is 14.5. The van der Waals surface area contributed by atoms with Crippen LogP contribution in [0.4, 0.5) is 0 Å². The van der Waals surface area contributed by atoms with Crippen LogP contribution < -0.4 is 0 Å². The van der Waals surface area contributed by atoms with Crippen LogP contribution in [0.25, 0.3) is 0 Å². The van der Waals surface area contributed by atoms with Crippen LogP contribution in [0.3, 0.4) is 0 Å². The Hall–Kier alpha value is -0.970. The number of hydrogen-bond acceptors (Lipinski definition) is 4. The van der Waals surface area contributed by atoms with Gasteiger partial charge in [-0.3, -0.25) is 4.79 Å². The molecule has 0 radical (unpaired) electrons. The first-order valence-electron chi connectivity index (χ1n) is 7.31. The van der Waals surface area contributed by atoms with Gasteiger partial charge in [0.15, 0.2) is 0 Å². The monoisotopic (exact) mass is 296 g/mol. The fourth-order valence-corrected chi connectivity index (χ4v) is 3.98. The maximum Gasteiger partial charge on any atom is 0.233 e. The van der Waals surface area contributed by atoms with Crippen molar-refractivity contribution in [2.75, 3.05) is 5.75 Å². The molecule has 2 atom stereocenters. The van der Waals surface area contributed by atoms with Gasteiger partial charge in [-0.05, 0) is 47.0 Å². The third kappa shape index (κ3) is 3.37. The standard InChI is InChI=1S/C15H24N2O2S/c1-10-6-5-7-11(2)17(10)15(18)9-20-8-14-12(3)16-19-13(14)4/h10-11H,5-9H2,1-4H3. The molecule has 5 heteroatoms. The molecule has 1 amide bonds. The molecule has 2 unspecified atom stereocenters. The molecule has 1 aliphatic rings. The minimum atomic E-state index is 0.265. The summed E-state index contributed by atoms with van der Waals surface area (Å²) in [6.07, 6.45) is 3.49. The maximum absolute atomic E-state index is 12.4. The van der Waals surface area contributed by atoms with E-state index in [0.29, 0.717) is 17.8 Å². The molecule has 2 heterocycles. The predicted octanol–water partition coefficient (Wildman–Crippen LogP) is 3.31. The average molecular weight is 296 g/mol. The number of hydrogen-bond donors (Lipinski definition) is 0. The highest BCUT2D eigenvalue weighted by Crippen LogP contribution is 2.25. The first kappa shape index (κ1) is 15.4. The van der Waals surface area contributed by atoms with Crippen molar-refractivity contribution in [3.8, 4) is 0 Å². The van der Waals surface area contributed by atoms with Crippen LogP contribution in [-0.2, 0) is 10.5 Å². The van der Waals surface area contributed by atoms with Crippen LogP contribution in [0.2, 0.25) is 0 Å². The third-order valence-corrected chi connectivity index (χ3v) is 5.08. The number of likely N-dealkylation sites (tertiary alicyclic amines) is 1. The highest BCUT2D eigenvalue weighted by molar-refractivity contribution is 7.99. The molecule has 0 N–H and O–H groups in total. The fraction of sp³-hybridized carbons (Fsp3) is 0.733. The summed E-state index contributed by atoms with van der Waals surface area (Å²) in [5.74, 6) is 2.46. The smallest absolute Gasteiger partial charge is 0.233 e. The number of carbonyl (C=O) groups is 1. The van der Waals surface area contributed by atoms with Gasteiger partial charge >= 0.3 is 0 Å². The molecule has 1 aromatic heterocycles. The van der Waals surface area contributed by atoms with Crippen LogP contribution in [0.15, 0.2) is 4.52 Å². The molecule has 0 aromatic carbocycles. The van der Waals surface area contributed by atoms with Crippen molar-refractivity contribution in [2.45, 2.75) is 64.8 Å². The average Bonchev–Trinajstić information content (AvgIpc) is 2.70. The van der Waals surface area contributed by atoms with Gasteiger partial charge in [-0.2, -0.15) is 0 Å². The van der Waals surface area contributed by atoms with Gasteiger partial charge in [-0.25, -0.2) is 0 Å². The van der Waals surface area contributed by atoms with Gasteiger partial charge in [0.2, 0.25) is 5.91 Å². The summed E-state index contributed by atoms with van der Waals surface area (Å²) in [7, 11) is 0. The summed E-state index contributed by atoms with van der Waals surface area (Å²) >= 11 is 1.65. The molecule has 112 valence electrons. The molecular formula is C15H24N2O2S. The number of rotatable bonds is 4. The van der Waals surface area contributed by atoms with Crippen molar-refractivity contribution < 1.29 is 9.32 Å². The highest BCUT2D eigenvalue weighted by atomic mass is 32.2. The molecule has 0 aliphatic carbocycles. The van der Waals surface area contributed by atoms with Crippen LogP contribution in [0.1, 0.15) is 50.1 Å². The number of piperidine rings is 1. The zero-order valence-corrected chi connectivity index (χ0v) is 13.6. The van der Waals surface area contributed by atoms with E-state index < -0.39 is 0 Å². The lowest BCUT2D eigenvalue weighted by Crippen LogP contribution is -2.48. The van der Waals surface area contributed by atoms with Gasteiger partial charge in [0.1, 0.15) is 5.76 Å². The molecule has 1 saturated heterocycles. The van der Waals surface area contributed by atoms with Crippen molar-refractivity contribution in [3.05, 3.63) is 17.0 Å². The summed E-state index contributed by atoms with van der Waals surface area (Å²) in [6, 6.07) is 0.761. The number of amides is 1. The second-order valence-corrected chi connectivity index (χ2v) is 6.71. The largest absolute Gasteiger partial charge is 0.361 e. The predicted molar refractivity (Wildman–Crippen MR) is 81.8 cm³/mol. The number of carbonyl (C=O) groups excluding carboxylic acids is 1. The second kappa shape index (κ2) is 6.66. The molecule has 4 nitrogen and oxygen atoms in total. The van der Waals surface area contributed by atoms with Crippen molar-refractivity contribution in [1.29, 1.82) is 0 Å². The molecule has 0 spiro atoms. The van der Waals surface area contributed by atoms with E-state index >= 15 is 0 Å². The normalized spacial score (nSPS) is 23.1. The Morgan fingerprint density at radius 3 is 2.55 bits per heavy atom. The first-order chi connectivity index (χ1) is 9.50. The van der Waals surface area contributed by atoms with Crippen LogP contribution in [-0.4, -0.2) is 33.8 Å². The summed E-state index contributed by atoms with van der Waals surface area (Å²) in [5, 5.41) is 3.94. The number of aryl methyl sites for hydroxylation is 2. The zero-order chi connectivity index (χ0) is 14.7. The van der Waals surface area contributed by atoms with Crippen LogP contribution in [0, 0.1) is 13.8 Å². The Morgan fingerprint density at radius 1 is 1.35 bits per heavy atom. The minimum absolute atomic E-state index is 0.265. The van der Waals surface area contributed by atoms with Gasteiger partial charge in [0, 0.05) is 23.4 Å². The van der Waals surface area contributed by atoms with Gasteiger partial charge in [-0.1, -0.05) is 5.16 Å². The topological polar surface area (TPSA) is 46.3 Å². The summed E-state index contributed by atoms with van der Waals surface area (Å²) in [5.41, 5.74) is 2.06. The summed E-state index contributed by atoms with van der Waals surface area (Å²) in [6.45, 7) is 8.19. The van der Waals surface area contributed by atoms with Crippen molar-refractivity contribution in [2.24, 2.45) is 0 Å². The minimum Gasteiger partial charge on any atom is -0.361 e. The molecule has 1 fully saturated rings. The maximum atomic E-state index is 12.4. The van der Waals surface area contributed by atoms with Gasteiger partial charge < -0.3 is 9.42 Å². The van der Waals surface area contributed by atoms with E-state index in [-0.39, 0.29) is 5.91 Å². The molecule has 0 saturated carbocycles. The fourth-order valence-electron chi connectivity index (χ4n) is 2.94. The van der Waals surface area contributed by atoms with E-state index in [9.17, 15) is 4.79 Å². The lowest BCUT2D eigenvalue weighted by atomic mass is 9.98. The van der Waals surface area contributed by atoms with Crippen molar-refractivity contribution in [1.82, 2.24) is 10.1 Å². The Labute approximate surface area is 125 Å². The lowest BCUT2D eigenvalue weighted by molar-refractivity contribution is -0.134. The molecule has 1 aromatic rings. The van der Waals surface area contributed by atoms with Gasteiger partial charge in [0.05, 0.1) is 11.4 Å². The van der Waals surface area contributed by atoms with E-state index in [1.807, 2.05) is 13.8 Å². The van der Waals surface area contributed by atoms with Gasteiger partial charge in [-0.15, -0.1) is 11.8 Å². The molecule has 1 aliphatic heterocycles. The van der Waals surface area contributed by atoms with Crippen molar-refractivity contribution in [3.63, 3.8) is 0 Å². The Bertz CT molecular complexity index is 443. The molecule has 2 rings (SSSR count). The van der Waals surface area contributed by atoms with Crippen LogP contribution >= 0.6 is 11.8 Å². The van der Waals surface area contributed by atoms with E-state index in [1.54, 1.807) is 11.8 Å². The number of nitrogens with zero attached hydrogens (tertiary/aromatic N) is 2. The second-order valence-electron chi connectivity index (χ2n) is 5.73. The Morgan fingerprint density at radius 2 is 2.00 bits per heavy atom. The quantitative estimate of drug-likeness (QED) is 0.855. The van der Waals surface area contributed by atoms with Gasteiger partial charge in [0.25, 0.3) is 0 Å². The van der Waals surface area contributed by atoms with Crippen molar-refractivity contribution >= 4 is 17.7 Å². The van der Waals surface area contributed by atoms with E-state index in [2.05, 4.69) is 23.9 Å². The lowest BCUT2D eigenvalue weighted by Gasteiger charge is -2.39. The summed E-state index contributed by atoms with van der Waals surface area (Å²) < 4.78 is 5.14. The number of thioether (sulfide) groups is 1.